The van der Waals surface area contributed by atoms with Gasteiger partial charge in [0.05, 0.1) is 0 Å². The molecule has 0 bridgehead atoms. The van der Waals surface area contributed by atoms with Gasteiger partial charge in [0.1, 0.15) is 29.3 Å². The van der Waals surface area contributed by atoms with Gasteiger partial charge in [-0.25, -0.2) is 0 Å². The molecule has 4 aromatic carbocycles. The van der Waals surface area contributed by atoms with Crippen molar-refractivity contribution in [1.29, 1.82) is 0 Å². The molecule has 0 spiro atoms. The van der Waals surface area contributed by atoms with Crippen LogP contribution in [0.4, 0.5) is 5.69 Å². The van der Waals surface area contributed by atoms with Crippen LogP contribution in [0.25, 0.3) is 0 Å². The fourth-order valence-electron chi connectivity index (χ4n) is 3.74. The van der Waals surface area contributed by atoms with E-state index in [4.69, 9.17) is 5.73 Å². The summed E-state index contributed by atoms with van der Waals surface area (Å²) in [5.41, 5.74) is 7.19. The van der Waals surface area contributed by atoms with Crippen molar-refractivity contribution in [1.82, 2.24) is 0 Å². The first-order valence-corrected chi connectivity index (χ1v) is 11.6. The topological polar surface area (TPSA) is 43.1 Å². The number of carbonyl (C=O) groups excluding carboxylic acids is 1. The van der Waals surface area contributed by atoms with Gasteiger partial charge in [-0.1, -0.05) is 54.6 Å². The summed E-state index contributed by atoms with van der Waals surface area (Å²) in [6.45, 7) is 0. The standard InChI is InChI=1S/C26H22NOP.ClH/c27-22-18-16-21(17-19-22)26(28)20-29(23-10-4-1-5-11-23,24-12-6-2-7-13-24)25-14-8-3-9-15-25;/h1-19H,20H2,(H-,27,28);1H. The monoisotopic (exact) mass is 431 g/mol. The first kappa shape index (κ1) is 21.8. The Morgan fingerprint density at radius 1 is 0.600 bits per heavy atom. The molecule has 0 aromatic heterocycles. The van der Waals surface area contributed by atoms with E-state index in [1.165, 1.54) is 15.9 Å². The molecule has 0 aliphatic rings. The van der Waals surface area contributed by atoms with Gasteiger partial charge < -0.3 is 18.1 Å². The van der Waals surface area contributed by atoms with Crippen molar-refractivity contribution in [3.8, 4) is 0 Å². The fourth-order valence-corrected chi connectivity index (χ4v) is 7.84. The quantitative estimate of drug-likeness (QED) is 0.285. The molecule has 0 radical (unpaired) electrons. The number of nitrogen functional groups attached to an aromatic ring is 1. The van der Waals surface area contributed by atoms with E-state index >= 15 is 0 Å². The van der Waals surface area contributed by atoms with Crippen LogP contribution in [-0.4, -0.2) is 11.9 Å². The summed E-state index contributed by atoms with van der Waals surface area (Å²) in [6, 6.07) is 38.6. The largest absolute Gasteiger partial charge is 1.00 e. The second-order valence-corrected chi connectivity index (χ2v) is 10.5. The van der Waals surface area contributed by atoms with E-state index in [0.29, 0.717) is 17.4 Å². The Bertz CT molecular complexity index is 988. The second-order valence-electron chi connectivity index (χ2n) is 7.02. The molecule has 0 saturated heterocycles. The number of anilines is 1. The molecule has 0 fully saturated rings. The highest BCUT2D eigenvalue weighted by atomic mass is 35.5. The molecular weight excluding hydrogens is 409 g/mol. The Hall–Kier alpha value is -2.93. The highest BCUT2D eigenvalue weighted by Crippen LogP contribution is 2.55. The first-order valence-electron chi connectivity index (χ1n) is 9.64. The predicted molar refractivity (Wildman–Crippen MR) is 125 cm³/mol. The average molecular weight is 432 g/mol. The fraction of sp³-hybridized carbons (Fsp3) is 0.0385. The first-order chi connectivity index (χ1) is 14.2. The van der Waals surface area contributed by atoms with Crippen molar-refractivity contribution in [3.05, 3.63) is 121 Å². The van der Waals surface area contributed by atoms with Gasteiger partial charge in [0.2, 0.25) is 5.78 Å². The van der Waals surface area contributed by atoms with Crippen LogP contribution in [-0.2, 0) is 0 Å². The van der Waals surface area contributed by atoms with E-state index in [9.17, 15) is 4.79 Å². The minimum Gasteiger partial charge on any atom is -1.00 e. The zero-order valence-corrected chi connectivity index (χ0v) is 18.1. The zero-order chi connectivity index (χ0) is 20.1. The molecule has 4 rings (SSSR count). The molecule has 2 N–H and O–H groups in total. The lowest BCUT2D eigenvalue weighted by atomic mass is 10.1. The van der Waals surface area contributed by atoms with Gasteiger partial charge in [0.25, 0.3) is 0 Å². The van der Waals surface area contributed by atoms with Crippen molar-refractivity contribution < 1.29 is 17.2 Å². The summed E-state index contributed by atoms with van der Waals surface area (Å²) in [5.74, 6) is 0.134. The van der Waals surface area contributed by atoms with E-state index in [-0.39, 0.29) is 18.2 Å². The van der Waals surface area contributed by atoms with Crippen molar-refractivity contribution >= 4 is 34.6 Å². The van der Waals surface area contributed by atoms with Gasteiger partial charge in [-0.2, -0.15) is 0 Å². The molecule has 0 saturated carbocycles. The number of ketones is 1. The van der Waals surface area contributed by atoms with Crippen LogP contribution in [0, 0.1) is 0 Å². The Labute approximate surface area is 184 Å². The lowest BCUT2D eigenvalue weighted by molar-refractivity contribution is -0.0000134. The third-order valence-electron chi connectivity index (χ3n) is 5.20. The van der Waals surface area contributed by atoms with Crippen LogP contribution in [0.3, 0.4) is 0 Å². The Morgan fingerprint density at radius 3 is 1.33 bits per heavy atom. The molecular formula is C26H23ClNOP. The van der Waals surface area contributed by atoms with Crippen molar-refractivity contribution in [3.63, 3.8) is 0 Å². The molecule has 0 amide bonds. The number of hydrogen-bond acceptors (Lipinski definition) is 2. The maximum absolute atomic E-state index is 13.5. The molecule has 0 atom stereocenters. The summed E-state index contributed by atoms with van der Waals surface area (Å²) < 4.78 is 0. The molecule has 0 heterocycles. The summed E-state index contributed by atoms with van der Waals surface area (Å²) in [6.07, 6.45) is 0.439. The molecule has 0 aliphatic carbocycles. The van der Waals surface area contributed by atoms with Crippen LogP contribution in [0.1, 0.15) is 10.4 Å². The van der Waals surface area contributed by atoms with Gasteiger partial charge in [-0.3, -0.25) is 4.79 Å². The third kappa shape index (κ3) is 4.31. The normalized spacial score (nSPS) is 10.8. The second kappa shape index (κ2) is 9.71. The van der Waals surface area contributed by atoms with E-state index in [1.807, 2.05) is 30.3 Å². The number of benzene rings is 4. The highest BCUT2D eigenvalue weighted by Gasteiger charge is 2.47. The van der Waals surface area contributed by atoms with E-state index in [1.54, 1.807) is 12.1 Å². The van der Waals surface area contributed by atoms with Gasteiger partial charge in [0, 0.05) is 11.3 Å². The van der Waals surface area contributed by atoms with Crippen LogP contribution >= 0.6 is 7.26 Å². The average Bonchev–Trinajstić information content (AvgIpc) is 2.79. The zero-order valence-electron chi connectivity index (χ0n) is 16.5. The maximum atomic E-state index is 13.5. The SMILES string of the molecule is Nc1ccc(C(=O)C[P+](c2ccccc2)(c2ccccc2)c2ccccc2)cc1.[Cl-]. The lowest BCUT2D eigenvalue weighted by Crippen LogP contribution is -3.00. The maximum Gasteiger partial charge on any atom is 0.201 e. The number of Topliss-reactive ketones (excluding diaryl/α,β-unsaturated/α-hetero) is 1. The van der Waals surface area contributed by atoms with Crippen LogP contribution in [0.15, 0.2) is 115 Å². The minimum atomic E-state index is -2.17. The van der Waals surface area contributed by atoms with Crippen LogP contribution in [0.2, 0.25) is 0 Å². The molecule has 0 aliphatic heterocycles. The van der Waals surface area contributed by atoms with Crippen LogP contribution in [0.5, 0.6) is 0 Å². The minimum absolute atomic E-state index is 0. The van der Waals surface area contributed by atoms with Crippen molar-refractivity contribution in [2.24, 2.45) is 0 Å². The molecule has 4 heteroatoms. The van der Waals surface area contributed by atoms with Gasteiger partial charge in [-0.05, 0) is 60.7 Å². The number of rotatable bonds is 6. The summed E-state index contributed by atoms with van der Waals surface area (Å²) in [4.78, 5) is 13.5. The van der Waals surface area contributed by atoms with E-state index < -0.39 is 7.26 Å². The van der Waals surface area contributed by atoms with E-state index in [0.717, 1.165) is 0 Å². The highest BCUT2D eigenvalue weighted by molar-refractivity contribution is 7.96. The summed E-state index contributed by atoms with van der Waals surface area (Å²) in [7, 11) is -2.17. The van der Waals surface area contributed by atoms with Gasteiger partial charge in [-0.15, -0.1) is 0 Å². The smallest absolute Gasteiger partial charge is 0.201 e. The molecule has 0 unspecified atom stereocenters. The molecule has 4 aromatic rings. The Morgan fingerprint density at radius 2 is 0.967 bits per heavy atom. The predicted octanol–water partition coefficient (Wildman–Crippen LogP) is 1.45. The molecule has 2 nitrogen and oxygen atoms in total. The summed E-state index contributed by atoms with van der Waals surface area (Å²) in [5, 5.41) is 3.63. The van der Waals surface area contributed by atoms with Gasteiger partial charge in [0.15, 0.2) is 0 Å². The summed E-state index contributed by atoms with van der Waals surface area (Å²) >= 11 is 0. The van der Waals surface area contributed by atoms with Crippen molar-refractivity contribution in [2.45, 2.75) is 0 Å². The lowest BCUT2D eigenvalue weighted by Gasteiger charge is -2.27. The van der Waals surface area contributed by atoms with Crippen molar-refractivity contribution in [2.75, 3.05) is 11.9 Å². The van der Waals surface area contributed by atoms with Gasteiger partial charge >= 0.3 is 0 Å². The van der Waals surface area contributed by atoms with Crippen LogP contribution < -0.4 is 34.1 Å². The number of hydrogen-bond donors (Lipinski definition) is 1. The third-order valence-corrected chi connectivity index (χ3v) is 9.50. The number of carbonyl (C=O) groups is 1. The number of nitrogens with two attached hydrogens (primary N) is 1. The molecule has 150 valence electrons. The number of halogens is 1. The molecule has 30 heavy (non-hydrogen) atoms. The Kier molecular flexibility index (Phi) is 7.05. The van der Waals surface area contributed by atoms with E-state index in [2.05, 4.69) is 72.8 Å². The Balaban J connectivity index is 0.00000256.